The molecule has 0 aromatic carbocycles. The first-order chi connectivity index (χ1) is 9.08. The van der Waals surface area contributed by atoms with Crippen molar-refractivity contribution in [1.29, 1.82) is 0 Å². The van der Waals surface area contributed by atoms with Crippen molar-refractivity contribution < 1.29 is 26.0 Å². The summed E-state index contributed by atoms with van der Waals surface area (Å²) in [5.74, 6) is 0.317. The molecule has 0 unspecified atom stereocenters. The second-order valence-electron chi connectivity index (χ2n) is 4.01. The van der Waals surface area contributed by atoms with Crippen LogP contribution in [0.3, 0.4) is 0 Å². The van der Waals surface area contributed by atoms with Gasteiger partial charge in [0.15, 0.2) is 4.67 Å². The van der Waals surface area contributed by atoms with Gasteiger partial charge in [-0.15, -0.1) is 0 Å². The monoisotopic (exact) mass is 378 g/mol. The Bertz CT molecular complexity index is 557. The molecule has 20 heavy (non-hydrogen) atoms. The Labute approximate surface area is 123 Å². The lowest BCUT2D eigenvalue weighted by Crippen LogP contribution is -2.35. The summed E-state index contributed by atoms with van der Waals surface area (Å²) in [6.45, 7) is 1.23. The van der Waals surface area contributed by atoms with Crippen molar-refractivity contribution in [3.63, 3.8) is 0 Å². The molecule has 1 N–H and O–H groups in total. The van der Waals surface area contributed by atoms with Gasteiger partial charge >= 0.3 is 6.18 Å². The molecule has 1 heterocycles. The minimum absolute atomic E-state index is 0.112. The van der Waals surface area contributed by atoms with Gasteiger partial charge in [-0.05, 0) is 22.5 Å². The summed E-state index contributed by atoms with van der Waals surface area (Å²) in [7, 11) is -3.39. The van der Waals surface area contributed by atoms with Crippen LogP contribution in [-0.4, -0.2) is 39.0 Å². The smallest absolute Gasteiger partial charge is 0.402 e. The third kappa shape index (κ3) is 4.47. The lowest BCUT2D eigenvalue weighted by molar-refractivity contribution is -0.134. The Morgan fingerprint density at radius 2 is 2.05 bits per heavy atom. The molecule has 0 spiro atoms. The highest BCUT2D eigenvalue weighted by atomic mass is 79.9. The van der Waals surface area contributed by atoms with Crippen LogP contribution in [-0.2, 0) is 16.6 Å². The van der Waals surface area contributed by atoms with E-state index in [0.717, 1.165) is 7.05 Å². The summed E-state index contributed by atoms with van der Waals surface area (Å²) >= 11 is 2.91. The molecule has 0 amide bonds. The Balaban J connectivity index is 3.00. The zero-order chi connectivity index (χ0) is 15.6. The van der Waals surface area contributed by atoms with E-state index in [0.29, 0.717) is 12.3 Å². The lowest BCUT2D eigenvalue weighted by Gasteiger charge is -2.17. The van der Waals surface area contributed by atoms with Gasteiger partial charge < -0.3 is 9.73 Å². The third-order valence-corrected chi connectivity index (χ3v) is 5.01. The van der Waals surface area contributed by atoms with Gasteiger partial charge in [-0.1, -0.05) is 6.92 Å². The summed E-state index contributed by atoms with van der Waals surface area (Å²) in [4.78, 5) is -0.322. The summed E-state index contributed by atoms with van der Waals surface area (Å²) in [6.07, 6.45) is -4.61. The van der Waals surface area contributed by atoms with Gasteiger partial charge in [0.2, 0.25) is 10.0 Å². The molecule has 0 saturated carbocycles. The molecule has 0 aliphatic heterocycles. The molecule has 0 fully saturated rings. The standard InChI is InChI=1S/C10H14BrF3N2O3S/c1-3-15-5-7-4-8(9(11)19-7)20(17,18)16(2)6-10(12,13)14/h4,15H,3,5-6H2,1-2H3. The van der Waals surface area contributed by atoms with E-state index in [1.54, 1.807) is 0 Å². The van der Waals surface area contributed by atoms with Crippen LogP contribution in [0.1, 0.15) is 12.7 Å². The van der Waals surface area contributed by atoms with Crippen LogP contribution in [0.15, 0.2) is 20.0 Å². The largest absolute Gasteiger partial charge is 0.452 e. The normalized spacial score (nSPS) is 13.2. The number of rotatable bonds is 6. The first kappa shape index (κ1) is 17.5. The molecule has 116 valence electrons. The highest BCUT2D eigenvalue weighted by molar-refractivity contribution is 9.10. The van der Waals surface area contributed by atoms with E-state index in [4.69, 9.17) is 4.42 Å². The van der Waals surface area contributed by atoms with Crippen LogP contribution in [0.4, 0.5) is 13.2 Å². The van der Waals surface area contributed by atoms with E-state index in [-0.39, 0.29) is 20.4 Å². The average Bonchev–Trinajstić information content (AvgIpc) is 2.66. The van der Waals surface area contributed by atoms with Gasteiger partial charge in [-0.2, -0.15) is 17.5 Å². The molecule has 0 saturated heterocycles. The number of sulfonamides is 1. The van der Waals surface area contributed by atoms with E-state index < -0.39 is 22.7 Å². The average molecular weight is 379 g/mol. The predicted octanol–water partition coefficient (Wildman–Crippen LogP) is 2.33. The summed E-state index contributed by atoms with van der Waals surface area (Å²) < 4.78 is 66.2. The minimum Gasteiger partial charge on any atom is -0.452 e. The van der Waals surface area contributed by atoms with Crippen molar-refractivity contribution in [3.8, 4) is 0 Å². The molecule has 10 heteroatoms. The molecule has 0 radical (unpaired) electrons. The van der Waals surface area contributed by atoms with Crippen molar-refractivity contribution in [2.75, 3.05) is 20.1 Å². The quantitative estimate of drug-likeness (QED) is 0.824. The van der Waals surface area contributed by atoms with Crippen LogP contribution in [0.25, 0.3) is 0 Å². The summed E-state index contributed by atoms with van der Waals surface area (Å²) in [5.41, 5.74) is 0. The van der Waals surface area contributed by atoms with Gasteiger partial charge in [-0.3, -0.25) is 0 Å². The van der Waals surface area contributed by atoms with Gasteiger partial charge in [-0.25, -0.2) is 8.42 Å². The first-order valence-electron chi connectivity index (χ1n) is 5.60. The molecule has 0 bridgehead atoms. The zero-order valence-corrected chi connectivity index (χ0v) is 13.2. The number of nitrogens with zero attached hydrogens (tertiary/aromatic N) is 1. The Morgan fingerprint density at radius 3 is 2.55 bits per heavy atom. The fraction of sp³-hybridized carbons (Fsp3) is 0.600. The van der Waals surface area contributed by atoms with E-state index in [1.807, 2.05) is 6.92 Å². The maximum atomic E-state index is 12.3. The Morgan fingerprint density at radius 1 is 1.45 bits per heavy atom. The molecular formula is C10H14BrF3N2O3S. The molecule has 1 aromatic heterocycles. The number of hydrogen-bond donors (Lipinski definition) is 1. The first-order valence-corrected chi connectivity index (χ1v) is 7.83. The van der Waals surface area contributed by atoms with Gasteiger partial charge in [0.25, 0.3) is 0 Å². The maximum Gasteiger partial charge on any atom is 0.402 e. The topological polar surface area (TPSA) is 62.6 Å². The van der Waals surface area contributed by atoms with Gasteiger partial charge in [0.05, 0.1) is 6.54 Å². The van der Waals surface area contributed by atoms with E-state index in [2.05, 4.69) is 21.2 Å². The van der Waals surface area contributed by atoms with E-state index in [1.165, 1.54) is 6.07 Å². The van der Waals surface area contributed by atoms with Crippen LogP contribution in [0.5, 0.6) is 0 Å². The van der Waals surface area contributed by atoms with Crippen molar-refractivity contribution in [1.82, 2.24) is 9.62 Å². The van der Waals surface area contributed by atoms with Gasteiger partial charge in [0.1, 0.15) is 17.2 Å². The molecule has 0 aliphatic rings. The van der Waals surface area contributed by atoms with Crippen LogP contribution in [0, 0.1) is 0 Å². The third-order valence-electron chi connectivity index (χ3n) is 2.35. The fourth-order valence-electron chi connectivity index (χ4n) is 1.41. The maximum absolute atomic E-state index is 12.3. The molecular weight excluding hydrogens is 365 g/mol. The molecule has 1 rings (SSSR count). The SMILES string of the molecule is CCNCc1cc(S(=O)(=O)N(C)CC(F)(F)F)c(Br)o1. The molecule has 0 aliphatic carbocycles. The second-order valence-corrected chi connectivity index (χ2v) is 6.74. The van der Waals surface area contributed by atoms with Gasteiger partial charge in [0, 0.05) is 13.1 Å². The van der Waals surface area contributed by atoms with Crippen LogP contribution in [0.2, 0.25) is 0 Å². The Kier molecular flexibility index (Phi) is 5.64. The van der Waals surface area contributed by atoms with Crippen molar-refractivity contribution in [3.05, 3.63) is 16.5 Å². The number of hydrogen-bond acceptors (Lipinski definition) is 4. The summed E-state index contributed by atoms with van der Waals surface area (Å²) in [5, 5.41) is 2.92. The fourth-order valence-corrected chi connectivity index (χ4v) is 3.53. The lowest BCUT2D eigenvalue weighted by atomic mass is 10.4. The molecule has 5 nitrogen and oxygen atoms in total. The summed E-state index contributed by atoms with van der Waals surface area (Å²) in [6, 6.07) is 1.20. The zero-order valence-electron chi connectivity index (χ0n) is 10.8. The number of alkyl halides is 3. The second kappa shape index (κ2) is 6.46. The van der Waals surface area contributed by atoms with Crippen LogP contribution >= 0.6 is 15.9 Å². The van der Waals surface area contributed by atoms with E-state index in [9.17, 15) is 21.6 Å². The molecule has 1 aromatic rings. The highest BCUT2D eigenvalue weighted by Crippen LogP contribution is 2.29. The van der Waals surface area contributed by atoms with Crippen molar-refractivity contribution in [2.45, 2.75) is 24.5 Å². The van der Waals surface area contributed by atoms with Crippen molar-refractivity contribution in [2.24, 2.45) is 0 Å². The highest BCUT2D eigenvalue weighted by Gasteiger charge is 2.36. The Hall–Kier alpha value is -0.580. The van der Waals surface area contributed by atoms with E-state index >= 15 is 0 Å². The number of halogens is 4. The molecule has 0 atom stereocenters. The number of furan rings is 1. The number of nitrogens with one attached hydrogen (secondary N) is 1. The predicted molar refractivity (Wildman–Crippen MR) is 69.7 cm³/mol. The minimum atomic E-state index is -4.61. The van der Waals surface area contributed by atoms with Crippen molar-refractivity contribution >= 4 is 26.0 Å². The van der Waals surface area contributed by atoms with Crippen LogP contribution < -0.4 is 5.32 Å².